The molecule has 0 aromatic carbocycles. The quantitative estimate of drug-likeness (QED) is 0.752. The normalized spacial score (nSPS) is 27.7. The fraction of sp³-hybridized carbons (Fsp3) is 0.611. The molecule has 2 fully saturated rings. The zero-order valence-electron chi connectivity index (χ0n) is 15.2. The number of carbonyl (C=O) groups excluding carboxylic acids is 2. The fourth-order valence-electron chi connectivity index (χ4n) is 3.41. The summed E-state index contributed by atoms with van der Waals surface area (Å²) in [6.07, 6.45) is 1.15. The Morgan fingerprint density at radius 3 is 2.68 bits per heavy atom. The van der Waals surface area contributed by atoms with Gasteiger partial charge in [0.25, 0.3) is 0 Å². The van der Waals surface area contributed by atoms with Crippen LogP contribution in [0.4, 0.5) is 10.6 Å². The molecule has 3 rings (SSSR count). The van der Waals surface area contributed by atoms with E-state index >= 15 is 0 Å². The van der Waals surface area contributed by atoms with Gasteiger partial charge in [-0.05, 0) is 73.5 Å². The zero-order valence-corrected chi connectivity index (χ0v) is 16.8. The molecule has 0 spiro atoms. The highest BCUT2D eigenvalue weighted by Crippen LogP contribution is 2.59. The Bertz CT molecular complexity index is 731. The minimum Gasteiger partial charge on any atom is -0.444 e. The Labute approximate surface area is 156 Å². The van der Waals surface area contributed by atoms with Crippen LogP contribution in [-0.4, -0.2) is 39.6 Å². The highest BCUT2D eigenvalue weighted by atomic mass is 79.9. The number of aromatic nitrogens is 1. The second-order valence-electron chi connectivity index (χ2n) is 8.27. The van der Waals surface area contributed by atoms with E-state index in [0.717, 1.165) is 12.0 Å². The largest absolute Gasteiger partial charge is 0.444 e. The molecule has 1 saturated carbocycles. The van der Waals surface area contributed by atoms with Crippen LogP contribution in [0.3, 0.4) is 0 Å². The van der Waals surface area contributed by atoms with Crippen molar-refractivity contribution in [2.45, 2.75) is 65.1 Å². The van der Waals surface area contributed by atoms with Crippen LogP contribution >= 0.6 is 15.9 Å². The van der Waals surface area contributed by atoms with Gasteiger partial charge in [-0.15, -0.1) is 0 Å². The number of halogens is 1. The number of likely N-dealkylation sites (tertiary alicyclic amines) is 1. The van der Waals surface area contributed by atoms with E-state index in [9.17, 15) is 9.59 Å². The van der Waals surface area contributed by atoms with Gasteiger partial charge in [0.2, 0.25) is 5.91 Å². The molecule has 136 valence electrons. The lowest BCUT2D eigenvalue weighted by Gasteiger charge is -2.29. The molecule has 6 nitrogen and oxygen atoms in total. The summed E-state index contributed by atoms with van der Waals surface area (Å²) in [6.45, 7) is 9.49. The maximum Gasteiger partial charge on any atom is 0.411 e. The Morgan fingerprint density at radius 1 is 1.36 bits per heavy atom. The average molecular weight is 410 g/mol. The van der Waals surface area contributed by atoms with Crippen LogP contribution in [0.2, 0.25) is 0 Å². The summed E-state index contributed by atoms with van der Waals surface area (Å²) in [5.41, 5.74) is 0.294. The molecule has 1 aliphatic carbocycles. The van der Waals surface area contributed by atoms with Gasteiger partial charge in [0.05, 0.1) is 0 Å². The van der Waals surface area contributed by atoms with Gasteiger partial charge in [0, 0.05) is 6.04 Å². The Hall–Kier alpha value is -1.63. The first kappa shape index (κ1) is 18.2. The summed E-state index contributed by atoms with van der Waals surface area (Å²) in [7, 11) is 0. The number of pyridine rings is 1. The van der Waals surface area contributed by atoms with E-state index < -0.39 is 17.7 Å². The van der Waals surface area contributed by atoms with Crippen molar-refractivity contribution in [3.63, 3.8) is 0 Å². The van der Waals surface area contributed by atoms with E-state index in [4.69, 9.17) is 4.74 Å². The maximum atomic E-state index is 12.9. The number of ether oxygens (including phenoxy) is 1. The molecular weight excluding hydrogens is 386 g/mol. The van der Waals surface area contributed by atoms with Gasteiger partial charge in [-0.25, -0.2) is 9.78 Å². The third-order valence-corrected chi connectivity index (χ3v) is 5.29. The van der Waals surface area contributed by atoms with Crippen LogP contribution in [0.1, 0.15) is 46.1 Å². The van der Waals surface area contributed by atoms with Gasteiger partial charge < -0.3 is 10.1 Å². The van der Waals surface area contributed by atoms with E-state index in [0.29, 0.717) is 16.8 Å². The molecule has 1 aromatic rings. The van der Waals surface area contributed by atoms with E-state index in [1.807, 2.05) is 39.8 Å². The lowest BCUT2D eigenvalue weighted by atomic mass is 10.0. The van der Waals surface area contributed by atoms with E-state index in [2.05, 4.69) is 33.2 Å². The van der Waals surface area contributed by atoms with Gasteiger partial charge in [-0.2, -0.15) is 0 Å². The van der Waals surface area contributed by atoms with E-state index in [1.165, 1.54) is 0 Å². The highest BCUT2D eigenvalue weighted by molar-refractivity contribution is 9.10. The van der Waals surface area contributed by atoms with Crippen molar-refractivity contribution in [3.8, 4) is 0 Å². The number of amides is 2. The van der Waals surface area contributed by atoms with Crippen LogP contribution in [0.15, 0.2) is 16.7 Å². The van der Waals surface area contributed by atoms with Crippen LogP contribution in [-0.2, 0) is 9.53 Å². The third kappa shape index (κ3) is 3.66. The molecule has 1 aromatic heterocycles. The molecule has 1 saturated heterocycles. The van der Waals surface area contributed by atoms with Crippen molar-refractivity contribution < 1.29 is 14.3 Å². The lowest BCUT2D eigenvalue weighted by molar-refractivity contribution is -0.121. The molecule has 0 bridgehead atoms. The number of rotatable bonds is 2. The molecule has 1 N–H and O–H groups in total. The van der Waals surface area contributed by atoms with Crippen LogP contribution in [0.5, 0.6) is 0 Å². The van der Waals surface area contributed by atoms with Crippen molar-refractivity contribution in [3.05, 3.63) is 22.3 Å². The number of hydrogen-bond acceptors (Lipinski definition) is 4. The number of carbonyl (C=O) groups is 2. The summed E-state index contributed by atoms with van der Waals surface area (Å²) in [5.74, 6) is 0.294. The van der Waals surface area contributed by atoms with E-state index in [1.54, 1.807) is 4.90 Å². The first-order valence-electron chi connectivity index (χ1n) is 8.45. The van der Waals surface area contributed by atoms with Crippen molar-refractivity contribution in [2.75, 3.05) is 5.32 Å². The predicted octanol–water partition coefficient (Wildman–Crippen LogP) is 3.88. The van der Waals surface area contributed by atoms with Crippen LogP contribution in [0, 0.1) is 12.3 Å². The number of nitrogens with one attached hydrogen (secondary N) is 1. The molecule has 0 radical (unpaired) electrons. The molecule has 3 atom stereocenters. The topological polar surface area (TPSA) is 71.5 Å². The SMILES string of the molecule is Cc1ccc(Br)nc1NC(=O)[C@@H]1C[C@@]2(C)C[C@H]2N1C(=O)OC(C)(C)C. The number of fused-ring (bicyclic) bond motifs is 1. The summed E-state index contributed by atoms with van der Waals surface area (Å²) in [6, 6.07) is 3.25. The number of anilines is 1. The summed E-state index contributed by atoms with van der Waals surface area (Å²) >= 11 is 3.32. The smallest absolute Gasteiger partial charge is 0.411 e. The zero-order chi connectivity index (χ0) is 18.6. The van der Waals surface area contributed by atoms with Gasteiger partial charge in [0.1, 0.15) is 22.1 Å². The summed E-state index contributed by atoms with van der Waals surface area (Å²) in [4.78, 5) is 31.4. The maximum absolute atomic E-state index is 12.9. The highest BCUT2D eigenvalue weighted by Gasteiger charge is 2.65. The second kappa shape index (κ2) is 5.97. The van der Waals surface area contributed by atoms with E-state index in [-0.39, 0.29) is 17.4 Å². The van der Waals surface area contributed by atoms with Crippen LogP contribution in [0.25, 0.3) is 0 Å². The number of nitrogens with zero attached hydrogens (tertiary/aromatic N) is 2. The average Bonchev–Trinajstić information content (AvgIpc) is 3.02. The molecule has 1 aliphatic heterocycles. The first-order valence-corrected chi connectivity index (χ1v) is 9.25. The summed E-state index contributed by atoms with van der Waals surface area (Å²) in [5, 5.41) is 2.87. The van der Waals surface area contributed by atoms with Gasteiger partial charge in [-0.3, -0.25) is 9.69 Å². The van der Waals surface area contributed by atoms with Crippen molar-refractivity contribution in [1.29, 1.82) is 0 Å². The molecule has 25 heavy (non-hydrogen) atoms. The summed E-state index contributed by atoms with van der Waals surface area (Å²) < 4.78 is 6.17. The second-order valence-corrected chi connectivity index (χ2v) is 9.08. The first-order chi connectivity index (χ1) is 11.5. The molecule has 2 heterocycles. The van der Waals surface area contributed by atoms with Crippen LogP contribution < -0.4 is 5.32 Å². The Morgan fingerprint density at radius 2 is 2.04 bits per heavy atom. The Kier molecular flexibility index (Phi) is 4.34. The molecular formula is C18H24BrN3O3. The molecule has 2 aliphatic rings. The number of aryl methyl sites for hydroxylation is 1. The standard InChI is InChI=1S/C18H24BrN3O3/c1-10-6-7-13(19)20-14(10)21-15(23)11-8-18(5)9-12(18)22(11)16(24)25-17(2,3)4/h6-7,11-12H,8-9H2,1-5H3,(H,20,21,23)/t11-,12+,18-/m0/s1. The molecule has 0 unspecified atom stereocenters. The third-order valence-electron chi connectivity index (χ3n) is 4.85. The minimum atomic E-state index is -0.589. The minimum absolute atomic E-state index is 0.0126. The van der Waals surface area contributed by atoms with Gasteiger partial charge in [0.15, 0.2) is 0 Å². The van der Waals surface area contributed by atoms with Crippen molar-refractivity contribution >= 4 is 33.7 Å². The number of piperidine rings is 1. The van der Waals surface area contributed by atoms with Crippen molar-refractivity contribution in [1.82, 2.24) is 9.88 Å². The van der Waals surface area contributed by atoms with Crippen molar-refractivity contribution in [2.24, 2.45) is 5.41 Å². The Balaban J connectivity index is 1.78. The van der Waals surface area contributed by atoms with Gasteiger partial charge in [-0.1, -0.05) is 13.0 Å². The molecule has 7 heteroatoms. The van der Waals surface area contributed by atoms with Gasteiger partial charge >= 0.3 is 6.09 Å². The molecule has 2 amide bonds. The lowest BCUT2D eigenvalue weighted by Crippen LogP contribution is -2.47. The predicted molar refractivity (Wildman–Crippen MR) is 98.3 cm³/mol. The number of hydrogen-bond donors (Lipinski definition) is 1. The monoisotopic (exact) mass is 409 g/mol. The fourth-order valence-corrected chi connectivity index (χ4v) is 3.72.